The van der Waals surface area contributed by atoms with Crippen LogP contribution >= 0.6 is 11.3 Å². The first-order chi connectivity index (χ1) is 9.65. The van der Waals surface area contributed by atoms with Crippen molar-refractivity contribution in [3.05, 3.63) is 22.4 Å². The van der Waals surface area contributed by atoms with Gasteiger partial charge in [0.1, 0.15) is 6.10 Å². The lowest BCUT2D eigenvalue weighted by atomic mass is 9.87. The molecule has 4 nitrogen and oxygen atoms in total. The summed E-state index contributed by atoms with van der Waals surface area (Å²) < 4.78 is 5.99. The Balaban J connectivity index is 1.67. The van der Waals surface area contributed by atoms with Crippen molar-refractivity contribution >= 4 is 17.2 Å². The lowest BCUT2D eigenvalue weighted by Crippen LogP contribution is -2.53. The van der Waals surface area contributed by atoms with Crippen molar-refractivity contribution in [1.82, 2.24) is 10.2 Å². The molecule has 0 spiro atoms. The number of rotatable bonds is 3. The van der Waals surface area contributed by atoms with Gasteiger partial charge in [-0.2, -0.15) is 11.3 Å². The zero-order valence-corrected chi connectivity index (χ0v) is 12.9. The number of morpholine rings is 1. The van der Waals surface area contributed by atoms with E-state index >= 15 is 0 Å². The average Bonchev–Trinajstić information content (AvgIpc) is 2.88. The van der Waals surface area contributed by atoms with Crippen LogP contribution in [0.5, 0.6) is 0 Å². The zero-order chi connectivity index (χ0) is 14.1. The number of carbonyl (C=O) groups excluding carboxylic acids is 1. The van der Waals surface area contributed by atoms with Gasteiger partial charge in [0.15, 0.2) is 0 Å². The second-order valence-electron chi connectivity index (χ2n) is 5.94. The topological polar surface area (TPSA) is 41.6 Å². The van der Waals surface area contributed by atoms with E-state index in [-0.39, 0.29) is 24.0 Å². The Bertz CT molecular complexity index is 458. The summed E-state index contributed by atoms with van der Waals surface area (Å²) in [6, 6.07) is 2.09. The molecule has 3 heterocycles. The van der Waals surface area contributed by atoms with Crippen LogP contribution in [0.1, 0.15) is 25.5 Å². The molecule has 2 saturated heterocycles. The minimum absolute atomic E-state index is 0.0284. The van der Waals surface area contributed by atoms with Gasteiger partial charge < -0.3 is 15.0 Å². The summed E-state index contributed by atoms with van der Waals surface area (Å²) >= 11 is 1.68. The van der Waals surface area contributed by atoms with Gasteiger partial charge >= 0.3 is 0 Å². The summed E-state index contributed by atoms with van der Waals surface area (Å²) in [4.78, 5) is 14.6. The first-order valence-corrected chi connectivity index (χ1v) is 8.26. The van der Waals surface area contributed by atoms with E-state index in [2.05, 4.69) is 29.1 Å². The molecule has 0 saturated carbocycles. The van der Waals surface area contributed by atoms with Gasteiger partial charge in [-0.15, -0.1) is 0 Å². The molecule has 20 heavy (non-hydrogen) atoms. The number of ether oxygens (including phenoxy) is 1. The first-order valence-electron chi connectivity index (χ1n) is 7.32. The van der Waals surface area contributed by atoms with Crippen LogP contribution in [0.15, 0.2) is 16.8 Å². The van der Waals surface area contributed by atoms with Gasteiger partial charge in [-0.1, -0.05) is 6.92 Å². The van der Waals surface area contributed by atoms with Crippen LogP contribution in [-0.2, 0) is 9.53 Å². The van der Waals surface area contributed by atoms with E-state index < -0.39 is 0 Å². The van der Waals surface area contributed by atoms with Crippen molar-refractivity contribution in [1.29, 1.82) is 0 Å². The molecule has 0 aromatic carbocycles. The Morgan fingerprint density at radius 2 is 2.30 bits per heavy atom. The zero-order valence-electron chi connectivity index (χ0n) is 12.0. The molecule has 2 aliphatic heterocycles. The first kappa shape index (κ1) is 14.0. The van der Waals surface area contributed by atoms with Crippen LogP contribution in [0, 0.1) is 11.8 Å². The van der Waals surface area contributed by atoms with Gasteiger partial charge in [0.2, 0.25) is 5.91 Å². The summed E-state index contributed by atoms with van der Waals surface area (Å²) in [7, 11) is 0. The third-order valence-corrected chi connectivity index (χ3v) is 5.10. The van der Waals surface area contributed by atoms with Crippen molar-refractivity contribution in [2.75, 3.05) is 26.2 Å². The van der Waals surface area contributed by atoms with Crippen LogP contribution < -0.4 is 5.32 Å². The van der Waals surface area contributed by atoms with E-state index in [9.17, 15) is 4.79 Å². The normalized spacial score (nSPS) is 29.0. The van der Waals surface area contributed by atoms with E-state index in [1.54, 1.807) is 11.3 Å². The molecule has 0 bridgehead atoms. The molecular weight excluding hydrogens is 272 g/mol. The molecule has 0 radical (unpaired) electrons. The maximum atomic E-state index is 12.6. The summed E-state index contributed by atoms with van der Waals surface area (Å²) in [5.41, 5.74) is 1.19. The quantitative estimate of drug-likeness (QED) is 0.925. The minimum atomic E-state index is 0.0284. The van der Waals surface area contributed by atoms with Gasteiger partial charge in [-0.3, -0.25) is 4.79 Å². The molecule has 110 valence electrons. The number of nitrogens with zero attached hydrogens (tertiary/aromatic N) is 1. The van der Waals surface area contributed by atoms with E-state index in [0.29, 0.717) is 19.0 Å². The van der Waals surface area contributed by atoms with Crippen molar-refractivity contribution in [2.45, 2.75) is 26.1 Å². The molecule has 3 atom stereocenters. The highest BCUT2D eigenvalue weighted by Crippen LogP contribution is 2.28. The molecule has 2 aliphatic rings. The number of thiophene rings is 1. The maximum Gasteiger partial charge on any atom is 0.225 e. The predicted molar refractivity (Wildman–Crippen MR) is 79.7 cm³/mol. The highest BCUT2D eigenvalue weighted by atomic mass is 32.1. The molecule has 1 aromatic heterocycles. The molecule has 5 heteroatoms. The summed E-state index contributed by atoms with van der Waals surface area (Å²) in [5, 5.41) is 7.42. The maximum absolute atomic E-state index is 12.6. The summed E-state index contributed by atoms with van der Waals surface area (Å²) in [6.45, 7) is 7.46. The monoisotopic (exact) mass is 294 g/mol. The number of carbonyl (C=O) groups is 1. The van der Waals surface area contributed by atoms with Crippen LogP contribution in [-0.4, -0.2) is 43.1 Å². The smallest absolute Gasteiger partial charge is 0.225 e. The fourth-order valence-electron chi connectivity index (χ4n) is 2.93. The van der Waals surface area contributed by atoms with Crippen molar-refractivity contribution in [3.8, 4) is 0 Å². The second kappa shape index (κ2) is 5.84. The molecule has 1 amide bonds. The number of hydrogen-bond acceptors (Lipinski definition) is 4. The number of hydrogen-bond donors (Lipinski definition) is 1. The molecule has 3 unspecified atom stereocenters. The van der Waals surface area contributed by atoms with Gasteiger partial charge in [0.25, 0.3) is 0 Å². The molecular formula is C15H22N2O2S. The second-order valence-corrected chi connectivity index (χ2v) is 6.72. The number of nitrogens with one attached hydrogen (secondary N) is 1. The Morgan fingerprint density at radius 1 is 1.50 bits per heavy atom. The molecule has 2 fully saturated rings. The van der Waals surface area contributed by atoms with Crippen LogP contribution in [0.4, 0.5) is 0 Å². The molecule has 1 N–H and O–H groups in total. The summed E-state index contributed by atoms with van der Waals surface area (Å²) in [5.74, 6) is 0.900. The summed E-state index contributed by atoms with van der Waals surface area (Å²) in [6.07, 6.45) is 0.130. The van der Waals surface area contributed by atoms with E-state index in [1.165, 1.54) is 5.56 Å². The molecule has 0 aliphatic carbocycles. The highest BCUT2D eigenvalue weighted by Gasteiger charge is 2.35. The largest absolute Gasteiger partial charge is 0.367 e. The Kier molecular flexibility index (Phi) is 4.10. The SMILES string of the molecule is CC1CN(C(=O)C(C)C2CNC2)CC(c2ccsc2)O1. The van der Waals surface area contributed by atoms with E-state index in [1.807, 2.05) is 11.8 Å². The third kappa shape index (κ3) is 2.75. The van der Waals surface area contributed by atoms with E-state index in [4.69, 9.17) is 4.74 Å². The third-order valence-electron chi connectivity index (χ3n) is 4.40. The van der Waals surface area contributed by atoms with Crippen molar-refractivity contribution in [2.24, 2.45) is 11.8 Å². The van der Waals surface area contributed by atoms with Crippen molar-refractivity contribution in [3.63, 3.8) is 0 Å². The standard InChI is InChI=1S/C15H22N2O2S/c1-10-7-17(15(18)11(2)13-5-16-6-13)8-14(19-10)12-3-4-20-9-12/h3-4,9-11,13-14,16H,5-8H2,1-2H3. The van der Waals surface area contributed by atoms with Gasteiger partial charge in [-0.25, -0.2) is 0 Å². The lowest BCUT2D eigenvalue weighted by Gasteiger charge is -2.40. The lowest BCUT2D eigenvalue weighted by molar-refractivity contribution is -0.150. The fraction of sp³-hybridized carbons (Fsp3) is 0.667. The Labute approximate surface area is 124 Å². The Morgan fingerprint density at radius 3 is 2.90 bits per heavy atom. The molecule has 3 rings (SSSR count). The molecule has 1 aromatic rings. The predicted octanol–water partition coefficient (Wildman–Crippen LogP) is 1.89. The highest BCUT2D eigenvalue weighted by molar-refractivity contribution is 7.07. The average molecular weight is 294 g/mol. The van der Waals surface area contributed by atoms with Crippen molar-refractivity contribution < 1.29 is 9.53 Å². The minimum Gasteiger partial charge on any atom is -0.367 e. The fourth-order valence-corrected chi connectivity index (χ4v) is 3.63. The van der Waals surface area contributed by atoms with Crippen LogP contribution in [0.2, 0.25) is 0 Å². The van der Waals surface area contributed by atoms with Gasteiger partial charge in [-0.05, 0) is 48.3 Å². The van der Waals surface area contributed by atoms with Crippen LogP contribution in [0.3, 0.4) is 0 Å². The number of amides is 1. The van der Waals surface area contributed by atoms with Crippen LogP contribution in [0.25, 0.3) is 0 Å². The Hall–Kier alpha value is -0.910. The van der Waals surface area contributed by atoms with E-state index in [0.717, 1.165) is 13.1 Å². The van der Waals surface area contributed by atoms with Gasteiger partial charge in [0, 0.05) is 12.5 Å². The van der Waals surface area contributed by atoms with Gasteiger partial charge in [0.05, 0.1) is 12.6 Å².